The number of aromatic nitrogens is 1. The molecular weight excluding hydrogens is 451 g/mol. The van der Waals surface area contributed by atoms with Crippen molar-refractivity contribution in [2.24, 2.45) is 0 Å². The van der Waals surface area contributed by atoms with E-state index in [2.05, 4.69) is 4.98 Å². The third-order valence-corrected chi connectivity index (χ3v) is 5.79. The zero-order valence-electron chi connectivity index (χ0n) is 19.2. The Morgan fingerprint density at radius 1 is 1.11 bits per heavy atom. The summed E-state index contributed by atoms with van der Waals surface area (Å²) in [5.41, 5.74) is 2.00. The number of benzene rings is 2. The molecule has 2 heterocycles. The first-order valence-electron chi connectivity index (χ1n) is 11.0. The van der Waals surface area contributed by atoms with Crippen molar-refractivity contribution in [1.29, 1.82) is 0 Å². The minimum atomic E-state index is -0.904. The van der Waals surface area contributed by atoms with Gasteiger partial charge in [0.05, 0.1) is 23.8 Å². The van der Waals surface area contributed by atoms with E-state index in [9.17, 15) is 23.9 Å². The number of nitrogens with zero attached hydrogens (tertiary/aromatic N) is 2. The van der Waals surface area contributed by atoms with Gasteiger partial charge >= 0.3 is 5.97 Å². The highest BCUT2D eigenvalue weighted by molar-refractivity contribution is 6.46. The highest BCUT2D eigenvalue weighted by Crippen LogP contribution is 2.40. The lowest BCUT2D eigenvalue weighted by atomic mass is 9.95. The molecule has 1 fully saturated rings. The number of pyridine rings is 1. The molecule has 1 aliphatic heterocycles. The lowest BCUT2D eigenvalue weighted by Gasteiger charge is -2.25. The Balaban J connectivity index is 1.76. The Morgan fingerprint density at radius 2 is 1.83 bits per heavy atom. The number of rotatable bonds is 6. The van der Waals surface area contributed by atoms with Crippen molar-refractivity contribution < 1.29 is 28.6 Å². The van der Waals surface area contributed by atoms with E-state index in [1.54, 1.807) is 56.4 Å². The average molecular weight is 474 g/mol. The number of esters is 1. The average Bonchev–Trinajstić information content (AvgIpc) is 3.11. The smallest absolute Gasteiger partial charge is 0.338 e. The summed E-state index contributed by atoms with van der Waals surface area (Å²) < 4.78 is 18.8. The fourth-order valence-corrected chi connectivity index (χ4v) is 4.03. The minimum absolute atomic E-state index is 0.0481. The van der Waals surface area contributed by atoms with Crippen LogP contribution in [-0.2, 0) is 20.9 Å². The van der Waals surface area contributed by atoms with Gasteiger partial charge in [0.1, 0.15) is 11.6 Å². The maximum absolute atomic E-state index is 13.8. The number of aliphatic hydroxyl groups is 1. The van der Waals surface area contributed by atoms with Crippen molar-refractivity contribution in [3.05, 3.63) is 106 Å². The molecule has 178 valence electrons. The Kier molecular flexibility index (Phi) is 6.73. The number of hydrogen-bond donors (Lipinski definition) is 1. The van der Waals surface area contributed by atoms with Crippen molar-refractivity contribution in [2.75, 3.05) is 6.61 Å². The molecule has 3 aromatic rings. The van der Waals surface area contributed by atoms with Crippen LogP contribution in [0.3, 0.4) is 0 Å². The molecule has 4 rings (SSSR count). The van der Waals surface area contributed by atoms with Crippen LogP contribution < -0.4 is 0 Å². The SMILES string of the molecule is CCOC(=O)c1ccc(CN2C(=O)C(=O)/C(=C(\O)c3ccc(F)c(C)c3)C2c2cccnc2)cc1. The molecule has 2 aromatic carbocycles. The molecular formula is C27H23FN2O5. The summed E-state index contributed by atoms with van der Waals surface area (Å²) in [5, 5.41) is 11.1. The van der Waals surface area contributed by atoms with E-state index in [0.29, 0.717) is 22.3 Å². The number of halogens is 1. The molecule has 1 saturated heterocycles. The van der Waals surface area contributed by atoms with Gasteiger partial charge in [-0.1, -0.05) is 18.2 Å². The van der Waals surface area contributed by atoms with Crippen LogP contribution in [0.15, 0.2) is 72.6 Å². The summed E-state index contributed by atoms with van der Waals surface area (Å²) in [6, 6.07) is 13.0. The van der Waals surface area contributed by atoms with E-state index in [1.165, 1.54) is 29.3 Å². The van der Waals surface area contributed by atoms with Crippen molar-refractivity contribution in [3.63, 3.8) is 0 Å². The second-order valence-corrected chi connectivity index (χ2v) is 8.09. The monoisotopic (exact) mass is 474 g/mol. The number of likely N-dealkylation sites (tertiary alicyclic amines) is 1. The Hall–Kier alpha value is -4.33. The van der Waals surface area contributed by atoms with Crippen LogP contribution >= 0.6 is 0 Å². The number of carbonyl (C=O) groups is 3. The van der Waals surface area contributed by atoms with E-state index in [4.69, 9.17) is 4.74 Å². The topological polar surface area (TPSA) is 96.8 Å². The van der Waals surface area contributed by atoms with Crippen LogP contribution in [0.25, 0.3) is 5.76 Å². The summed E-state index contributed by atoms with van der Waals surface area (Å²) in [4.78, 5) is 43.6. The molecule has 0 aliphatic carbocycles. The first-order chi connectivity index (χ1) is 16.8. The second-order valence-electron chi connectivity index (χ2n) is 8.09. The van der Waals surface area contributed by atoms with Gasteiger partial charge in [-0.15, -0.1) is 0 Å². The number of carbonyl (C=O) groups excluding carboxylic acids is 3. The number of Topliss-reactive ketones (excluding diaryl/α,β-unsaturated/α-hetero) is 1. The maximum Gasteiger partial charge on any atom is 0.338 e. The third-order valence-electron chi connectivity index (χ3n) is 5.79. The maximum atomic E-state index is 13.8. The van der Waals surface area contributed by atoms with Crippen molar-refractivity contribution in [2.45, 2.75) is 26.4 Å². The highest BCUT2D eigenvalue weighted by Gasteiger charge is 2.46. The van der Waals surface area contributed by atoms with Gasteiger partial charge in [0.15, 0.2) is 0 Å². The van der Waals surface area contributed by atoms with Gasteiger partial charge in [-0.2, -0.15) is 0 Å². The van der Waals surface area contributed by atoms with Gasteiger partial charge in [0, 0.05) is 24.5 Å². The number of aryl methyl sites for hydroxylation is 1. The first kappa shape index (κ1) is 23.8. The normalized spacial score (nSPS) is 17.0. The first-order valence-corrected chi connectivity index (χ1v) is 11.0. The summed E-state index contributed by atoms with van der Waals surface area (Å²) in [5.74, 6) is -2.92. The predicted molar refractivity (Wildman–Crippen MR) is 126 cm³/mol. The van der Waals surface area contributed by atoms with Gasteiger partial charge in [0.25, 0.3) is 11.7 Å². The van der Waals surface area contributed by atoms with Crippen LogP contribution in [0.1, 0.15) is 45.6 Å². The van der Waals surface area contributed by atoms with Crippen molar-refractivity contribution >= 4 is 23.4 Å². The van der Waals surface area contributed by atoms with E-state index in [0.717, 1.165) is 0 Å². The molecule has 35 heavy (non-hydrogen) atoms. The summed E-state index contributed by atoms with van der Waals surface area (Å²) in [6.45, 7) is 3.56. The van der Waals surface area contributed by atoms with Crippen LogP contribution in [0.4, 0.5) is 4.39 Å². The predicted octanol–water partition coefficient (Wildman–Crippen LogP) is 4.33. The number of hydrogen-bond acceptors (Lipinski definition) is 6. The zero-order chi connectivity index (χ0) is 25.1. The van der Waals surface area contributed by atoms with Gasteiger partial charge in [-0.25, -0.2) is 9.18 Å². The fraction of sp³-hybridized carbons (Fsp3) is 0.185. The molecule has 0 bridgehead atoms. The molecule has 1 aliphatic rings. The quantitative estimate of drug-likeness (QED) is 0.247. The molecule has 0 saturated carbocycles. The number of aliphatic hydroxyl groups excluding tert-OH is 1. The van der Waals surface area contributed by atoms with Gasteiger partial charge in [-0.3, -0.25) is 14.6 Å². The van der Waals surface area contributed by atoms with E-state index >= 15 is 0 Å². The summed E-state index contributed by atoms with van der Waals surface area (Å²) in [7, 11) is 0. The largest absolute Gasteiger partial charge is 0.507 e. The molecule has 8 heteroatoms. The zero-order valence-corrected chi connectivity index (χ0v) is 19.2. The van der Waals surface area contributed by atoms with Gasteiger partial charge in [-0.05, 0) is 66.9 Å². The second kappa shape index (κ2) is 9.89. The molecule has 1 unspecified atom stereocenters. The van der Waals surface area contributed by atoms with Crippen LogP contribution in [0.2, 0.25) is 0 Å². The van der Waals surface area contributed by atoms with Crippen LogP contribution in [0, 0.1) is 12.7 Å². The van der Waals surface area contributed by atoms with Crippen molar-refractivity contribution in [1.82, 2.24) is 9.88 Å². The molecule has 7 nitrogen and oxygen atoms in total. The summed E-state index contributed by atoms with van der Waals surface area (Å²) >= 11 is 0. The van der Waals surface area contributed by atoms with E-state index in [-0.39, 0.29) is 30.0 Å². The number of amides is 1. The van der Waals surface area contributed by atoms with Crippen LogP contribution in [0.5, 0.6) is 0 Å². The van der Waals surface area contributed by atoms with E-state index in [1.807, 2.05) is 0 Å². The highest BCUT2D eigenvalue weighted by atomic mass is 19.1. The Bertz CT molecular complexity index is 1320. The standard InChI is InChI=1S/C27H23FN2O5/c1-3-35-27(34)18-8-6-17(7-9-18)15-30-23(20-5-4-12-29-14-20)22(25(32)26(30)33)24(31)19-10-11-21(28)16(2)13-19/h4-14,23,31H,3,15H2,1-2H3/b24-22-. The molecule has 0 spiro atoms. The minimum Gasteiger partial charge on any atom is -0.507 e. The van der Waals surface area contributed by atoms with Crippen molar-refractivity contribution in [3.8, 4) is 0 Å². The van der Waals surface area contributed by atoms with Gasteiger partial charge < -0.3 is 14.7 Å². The third kappa shape index (κ3) is 4.68. The van der Waals surface area contributed by atoms with Gasteiger partial charge in [0.2, 0.25) is 0 Å². The van der Waals surface area contributed by atoms with E-state index < -0.39 is 29.5 Å². The Labute approximate surface area is 201 Å². The molecule has 0 radical (unpaired) electrons. The lowest BCUT2D eigenvalue weighted by molar-refractivity contribution is -0.140. The molecule has 1 N–H and O–H groups in total. The summed E-state index contributed by atoms with van der Waals surface area (Å²) in [6.07, 6.45) is 3.09. The number of ketones is 1. The molecule has 1 amide bonds. The lowest BCUT2D eigenvalue weighted by Crippen LogP contribution is -2.29. The molecule has 1 atom stereocenters. The fourth-order valence-electron chi connectivity index (χ4n) is 4.03. The number of ether oxygens (including phenoxy) is 1. The molecule has 1 aromatic heterocycles. The van der Waals surface area contributed by atoms with Crippen LogP contribution in [-0.4, -0.2) is 39.3 Å². The Morgan fingerprint density at radius 3 is 2.46 bits per heavy atom.